The molecular formula is C8H20NO4P. The highest BCUT2D eigenvalue weighted by Crippen LogP contribution is 2.27. The Kier molecular flexibility index (Phi) is 8.43. The van der Waals surface area contributed by atoms with Crippen LogP contribution in [0.15, 0.2) is 0 Å². The van der Waals surface area contributed by atoms with Gasteiger partial charge in [-0.15, -0.1) is 5.25 Å². The molecule has 5 nitrogen and oxygen atoms in total. The highest BCUT2D eigenvalue weighted by molar-refractivity contribution is 7.49. The van der Waals surface area contributed by atoms with Crippen LogP contribution in [-0.2, 0) is 9.40 Å². The lowest BCUT2D eigenvalue weighted by Crippen LogP contribution is -2.11. The van der Waals surface area contributed by atoms with Gasteiger partial charge in [-0.1, -0.05) is 39.0 Å². The van der Waals surface area contributed by atoms with Gasteiger partial charge in [-0.2, -0.15) is 0 Å². The Morgan fingerprint density at radius 3 is 2.29 bits per heavy atom. The first-order valence-electron chi connectivity index (χ1n) is 5.01. The lowest BCUT2D eigenvalue weighted by Gasteiger charge is -2.06. The van der Waals surface area contributed by atoms with Crippen LogP contribution in [0.5, 0.6) is 0 Å². The molecule has 0 amide bonds. The summed E-state index contributed by atoms with van der Waals surface area (Å²) >= 11 is 0. The van der Waals surface area contributed by atoms with Crippen molar-refractivity contribution in [3.63, 3.8) is 0 Å². The van der Waals surface area contributed by atoms with E-state index in [1.807, 2.05) is 0 Å². The summed E-state index contributed by atoms with van der Waals surface area (Å²) in [6.07, 6.45) is 6.73. The zero-order valence-corrected chi connectivity index (χ0v) is 9.50. The van der Waals surface area contributed by atoms with E-state index in [-0.39, 0.29) is 0 Å². The van der Waals surface area contributed by atoms with Crippen molar-refractivity contribution in [1.29, 1.82) is 0 Å². The van der Waals surface area contributed by atoms with Crippen molar-refractivity contribution in [2.24, 2.45) is 0 Å². The van der Waals surface area contributed by atoms with Crippen LogP contribution >= 0.6 is 7.75 Å². The highest BCUT2D eigenvalue weighted by Gasteiger charge is 2.10. The van der Waals surface area contributed by atoms with E-state index in [1.165, 1.54) is 19.3 Å². The molecule has 3 N–H and O–H groups in total. The standard InChI is InChI=1S/C8H20NO4P/c1-2-3-4-5-6-7-8-13-9-14(10,11)12/h2-8H2,1H3,(H3,9,10,11,12). The molecule has 14 heavy (non-hydrogen) atoms. The number of unbranched alkanes of at least 4 members (excludes halogenated alkanes) is 5. The number of rotatable bonds is 9. The molecule has 0 atom stereocenters. The average molecular weight is 225 g/mol. The van der Waals surface area contributed by atoms with Crippen molar-refractivity contribution in [3.05, 3.63) is 0 Å². The molecule has 0 rings (SSSR count). The SMILES string of the molecule is CCCCCCCCONP(=O)(O)O. The minimum atomic E-state index is -4.20. The monoisotopic (exact) mass is 225 g/mol. The third-order valence-corrected chi connectivity index (χ3v) is 2.15. The molecule has 0 aliphatic heterocycles. The maximum absolute atomic E-state index is 10.3. The molecule has 0 unspecified atom stereocenters. The van der Waals surface area contributed by atoms with Crippen molar-refractivity contribution in [3.8, 4) is 0 Å². The van der Waals surface area contributed by atoms with Crippen LogP contribution < -0.4 is 5.25 Å². The molecule has 0 heterocycles. The van der Waals surface area contributed by atoms with Crippen LogP contribution in [0, 0.1) is 0 Å². The van der Waals surface area contributed by atoms with Crippen LogP contribution in [0.3, 0.4) is 0 Å². The molecule has 0 saturated carbocycles. The molecular weight excluding hydrogens is 205 g/mol. The maximum Gasteiger partial charge on any atom is 0.423 e. The summed E-state index contributed by atoms with van der Waals surface area (Å²) in [5.74, 6) is 0. The topological polar surface area (TPSA) is 78.8 Å². The summed E-state index contributed by atoms with van der Waals surface area (Å²) in [5.41, 5.74) is 0. The van der Waals surface area contributed by atoms with Crippen LogP contribution in [0.2, 0.25) is 0 Å². The summed E-state index contributed by atoms with van der Waals surface area (Å²) in [5, 5.41) is 1.69. The second-order valence-electron chi connectivity index (χ2n) is 3.25. The van der Waals surface area contributed by atoms with Crippen LogP contribution in [0.4, 0.5) is 0 Å². The van der Waals surface area contributed by atoms with Crippen LogP contribution in [0.25, 0.3) is 0 Å². The number of hydrogen-bond donors (Lipinski definition) is 3. The van der Waals surface area contributed by atoms with Gasteiger partial charge in [0.1, 0.15) is 0 Å². The predicted octanol–water partition coefficient (Wildman–Crippen LogP) is 1.96. The van der Waals surface area contributed by atoms with Crippen molar-refractivity contribution < 1.29 is 19.2 Å². The fourth-order valence-electron chi connectivity index (χ4n) is 1.08. The number of nitrogens with one attached hydrogen (secondary N) is 1. The second-order valence-corrected chi connectivity index (χ2v) is 4.52. The fourth-order valence-corrected chi connectivity index (χ4v) is 1.34. The zero-order chi connectivity index (χ0) is 10.9. The molecule has 0 aromatic carbocycles. The molecule has 0 radical (unpaired) electrons. The molecule has 6 heteroatoms. The predicted molar refractivity (Wildman–Crippen MR) is 54.5 cm³/mol. The van der Waals surface area contributed by atoms with E-state index in [0.717, 1.165) is 19.3 Å². The minimum Gasteiger partial charge on any atom is -0.311 e. The third kappa shape index (κ3) is 12.1. The summed E-state index contributed by atoms with van der Waals surface area (Å²) in [4.78, 5) is 21.3. The van der Waals surface area contributed by atoms with Crippen LogP contribution in [0.1, 0.15) is 45.4 Å². The van der Waals surface area contributed by atoms with Gasteiger partial charge in [-0.3, -0.25) is 4.84 Å². The minimum absolute atomic E-state index is 0.344. The number of hydrogen-bond acceptors (Lipinski definition) is 2. The molecule has 86 valence electrons. The van der Waals surface area contributed by atoms with Gasteiger partial charge in [-0.25, -0.2) is 4.57 Å². The van der Waals surface area contributed by atoms with Crippen molar-refractivity contribution >= 4 is 7.75 Å². The Bertz CT molecular complexity index is 171. The van der Waals surface area contributed by atoms with Crippen molar-refractivity contribution in [2.75, 3.05) is 6.61 Å². The van der Waals surface area contributed by atoms with E-state index < -0.39 is 7.75 Å². The average Bonchev–Trinajstić information content (AvgIpc) is 2.08. The molecule has 0 spiro atoms. The summed E-state index contributed by atoms with van der Waals surface area (Å²) < 4.78 is 10.3. The molecule has 0 bridgehead atoms. The summed E-state index contributed by atoms with van der Waals surface area (Å²) in [6.45, 7) is 2.50. The highest BCUT2D eigenvalue weighted by atomic mass is 31.2. The van der Waals surface area contributed by atoms with Gasteiger partial charge in [-0.05, 0) is 6.42 Å². The van der Waals surface area contributed by atoms with Crippen molar-refractivity contribution in [1.82, 2.24) is 5.25 Å². The largest absolute Gasteiger partial charge is 0.423 e. The first-order chi connectivity index (χ1) is 6.56. The van der Waals surface area contributed by atoms with Gasteiger partial charge >= 0.3 is 7.75 Å². The van der Waals surface area contributed by atoms with Gasteiger partial charge in [0.05, 0.1) is 6.61 Å². The van der Waals surface area contributed by atoms with Crippen molar-refractivity contribution in [2.45, 2.75) is 45.4 Å². The second kappa shape index (κ2) is 8.38. The Balaban J connectivity index is 3.03. The first-order valence-corrected chi connectivity index (χ1v) is 6.62. The molecule has 0 aliphatic carbocycles. The van der Waals surface area contributed by atoms with E-state index in [1.54, 1.807) is 5.25 Å². The smallest absolute Gasteiger partial charge is 0.311 e. The Labute approximate surface area is 85.0 Å². The molecule has 0 fully saturated rings. The lowest BCUT2D eigenvalue weighted by atomic mass is 10.1. The third-order valence-electron chi connectivity index (χ3n) is 1.78. The molecule has 0 saturated heterocycles. The Morgan fingerprint density at radius 1 is 1.14 bits per heavy atom. The zero-order valence-electron chi connectivity index (χ0n) is 8.61. The van der Waals surface area contributed by atoms with Gasteiger partial charge in [0.25, 0.3) is 0 Å². The molecule has 0 aliphatic rings. The van der Waals surface area contributed by atoms with E-state index in [0.29, 0.717) is 6.61 Å². The van der Waals surface area contributed by atoms with E-state index in [4.69, 9.17) is 9.79 Å². The maximum atomic E-state index is 10.3. The lowest BCUT2D eigenvalue weighted by molar-refractivity contribution is 0.0699. The van der Waals surface area contributed by atoms with Gasteiger partial charge in [0, 0.05) is 0 Å². The quantitative estimate of drug-likeness (QED) is 0.317. The van der Waals surface area contributed by atoms with Gasteiger partial charge in [0.15, 0.2) is 0 Å². The van der Waals surface area contributed by atoms with E-state index in [2.05, 4.69) is 11.8 Å². The fraction of sp³-hybridized carbons (Fsp3) is 1.00. The Hall–Kier alpha value is 0.0700. The summed E-state index contributed by atoms with van der Waals surface area (Å²) in [7, 11) is -4.20. The Morgan fingerprint density at radius 2 is 1.71 bits per heavy atom. The van der Waals surface area contributed by atoms with E-state index in [9.17, 15) is 4.57 Å². The van der Waals surface area contributed by atoms with Crippen LogP contribution in [-0.4, -0.2) is 16.4 Å². The summed E-state index contributed by atoms with van der Waals surface area (Å²) in [6, 6.07) is 0. The first kappa shape index (κ1) is 14.1. The van der Waals surface area contributed by atoms with Gasteiger partial charge in [0.2, 0.25) is 0 Å². The molecule has 0 aromatic rings. The van der Waals surface area contributed by atoms with E-state index >= 15 is 0 Å². The normalized spacial score (nSPS) is 11.9. The van der Waals surface area contributed by atoms with Gasteiger partial charge < -0.3 is 9.79 Å². The molecule has 0 aromatic heterocycles.